The van der Waals surface area contributed by atoms with Gasteiger partial charge in [-0.2, -0.15) is 4.98 Å². The second kappa shape index (κ2) is 5.52. The molecule has 0 aliphatic heterocycles. The Kier molecular flexibility index (Phi) is 3.41. The number of rotatable bonds is 4. The lowest BCUT2D eigenvalue weighted by molar-refractivity contribution is 0.380. The van der Waals surface area contributed by atoms with Gasteiger partial charge in [-0.25, -0.2) is 0 Å². The number of benzene rings is 1. The van der Waals surface area contributed by atoms with Gasteiger partial charge in [0.25, 0.3) is 0 Å². The van der Waals surface area contributed by atoms with E-state index in [2.05, 4.69) is 15.1 Å². The van der Waals surface area contributed by atoms with E-state index in [-0.39, 0.29) is 5.75 Å². The maximum absolute atomic E-state index is 9.23. The Morgan fingerprint density at radius 2 is 1.85 bits per heavy atom. The number of phenols is 1. The first-order valence-electron chi connectivity index (χ1n) is 6.29. The number of aromatic hydroxyl groups is 1. The van der Waals surface area contributed by atoms with E-state index in [1.165, 1.54) is 0 Å². The minimum Gasteiger partial charge on any atom is -0.508 e. The quantitative estimate of drug-likeness (QED) is 0.785. The normalized spacial score (nSPS) is 10.6. The monoisotopic (exact) mass is 267 g/mol. The molecule has 0 aliphatic carbocycles. The predicted octanol–water partition coefficient (Wildman–Crippen LogP) is 2.35. The molecule has 2 aromatic heterocycles. The van der Waals surface area contributed by atoms with Crippen LogP contribution in [0.1, 0.15) is 23.0 Å². The van der Waals surface area contributed by atoms with Gasteiger partial charge in [0, 0.05) is 11.9 Å². The van der Waals surface area contributed by atoms with Crippen molar-refractivity contribution in [2.24, 2.45) is 0 Å². The van der Waals surface area contributed by atoms with Gasteiger partial charge in [-0.05, 0) is 29.8 Å². The van der Waals surface area contributed by atoms with Gasteiger partial charge >= 0.3 is 0 Å². The highest BCUT2D eigenvalue weighted by Crippen LogP contribution is 2.13. The van der Waals surface area contributed by atoms with E-state index in [9.17, 15) is 5.11 Å². The van der Waals surface area contributed by atoms with E-state index >= 15 is 0 Å². The lowest BCUT2D eigenvalue weighted by atomic mass is 10.1. The van der Waals surface area contributed by atoms with Crippen molar-refractivity contribution in [1.82, 2.24) is 15.1 Å². The van der Waals surface area contributed by atoms with Crippen LogP contribution in [0, 0.1) is 0 Å². The summed E-state index contributed by atoms with van der Waals surface area (Å²) in [5.74, 6) is 1.43. The van der Waals surface area contributed by atoms with Crippen LogP contribution in [0.5, 0.6) is 5.75 Å². The zero-order valence-electron chi connectivity index (χ0n) is 10.7. The van der Waals surface area contributed by atoms with Crippen LogP contribution >= 0.6 is 0 Å². The van der Waals surface area contributed by atoms with Crippen molar-refractivity contribution >= 4 is 0 Å². The second-order valence-corrected chi connectivity index (χ2v) is 4.45. The average molecular weight is 267 g/mol. The Morgan fingerprint density at radius 1 is 1.00 bits per heavy atom. The first-order valence-corrected chi connectivity index (χ1v) is 6.29. The fourth-order valence-corrected chi connectivity index (χ4v) is 1.89. The molecule has 0 amide bonds. The molecule has 0 spiro atoms. The Balaban J connectivity index is 1.69. The van der Waals surface area contributed by atoms with Crippen molar-refractivity contribution in [3.8, 4) is 5.75 Å². The lowest BCUT2D eigenvalue weighted by Crippen LogP contribution is -1.94. The third kappa shape index (κ3) is 3.00. The highest BCUT2D eigenvalue weighted by molar-refractivity contribution is 5.27. The molecule has 0 aliphatic rings. The Labute approximate surface area is 115 Å². The topological polar surface area (TPSA) is 72.0 Å². The van der Waals surface area contributed by atoms with Gasteiger partial charge in [-0.3, -0.25) is 4.98 Å². The highest BCUT2D eigenvalue weighted by atomic mass is 16.5. The van der Waals surface area contributed by atoms with Crippen LogP contribution in [0.15, 0.2) is 53.2 Å². The first-order chi connectivity index (χ1) is 9.79. The van der Waals surface area contributed by atoms with Gasteiger partial charge in [-0.1, -0.05) is 23.4 Å². The maximum atomic E-state index is 9.23. The molecule has 0 radical (unpaired) electrons. The number of pyridine rings is 1. The summed E-state index contributed by atoms with van der Waals surface area (Å²) in [7, 11) is 0. The molecule has 2 heterocycles. The average Bonchev–Trinajstić information content (AvgIpc) is 2.90. The van der Waals surface area contributed by atoms with Crippen LogP contribution in [0.25, 0.3) is 0 Å². The Bertz CT molecular complexity index is 678. The van der Waals surface area contributed by atoms with Crippen LogP contribution in [0.3, 0.4) is 0 Å². The van der Waals surface area contributed by atoms with Gasteiger partial charge in [-0.15, -0.1) is 0 Å². The molecule has 0 saturated carbocycles. The molecule has 0 saturated heterocycles. The molecule has 20 heavy (non-hydrogen) atoms. The van der Waals surface area contributed by atoms with E-state index in [0.29, 0.717) is 24.6 Å². The van der Waals surface area contributed by atoms with Crippen LogP contribution < -0.4 is 0 Å². The van der Waals surface area contributed by atoms with Crippen LogP contribution in [0.4, 0.5) is 0 Å². The molecule has 0 atom stereocenters. The van der Waals surface area contributed by atoms with Crippen LogP contribution in [-0.4, -0.2) is 20.2 Å². The van der Waals surface area contributed by atoms with Crippen molar-refractivity contribution in [2.75, 3.05) is 0 Å². The molecule has 3 rings (SSSR count). The molecular formula is C15H13N3O2. The summed E-state index contributed by atoms with van der Waals surface area (Å²) in [6.07, 6.45) is 2.85. The summed E-state index contributed by atoms with van der Waals surface area (Å²) < 4.78 is 5.22. The molecule has 1 N–H and O–H groups in total. The third-order valence-corrected chi connectivity index (χ3v) is 2.87. The molecule has 5 heteroatoms. The Morgan fingerprint density at radius 3 is 2.60 bits per heavy atom. The number of aromatic nitrogens is 3. The molecule has 1 aromatic carbocycles. The Hall–Kier alpha value is -2.69. The largest absolute Gasteiger partial charge is 0.508 e. The molecule has 0 bridgehead atoms. The molecule has 100 valence electrons. The van der Waals surface area contributed by atoms with E-state index in [4.69, 9.17) is 4.52 Å². The molecule has 0 fully saturated rings. The van der Waals surface area contributed by atoms with Crippen LogP contribution in [-0.2, 0) is 12.8 Å². The van der Waals surface area contributed by atoms with Crippen molar-refractivity contribution in [2.45, 2.75) is 12.8 Å². The smallest absolute Gasteiger partial charge is 0.231 e. The molecular weight excluding hydrogens is 254 g/mol. The van der Waals surface area contributed by atoms with Crippen molar-refractivity contribution in [3.63, 3.8) is 0 Å². The first kappa shape index (κ1) is 12.3. The summed E-state index contributed by atoms with van der Waals surface area (Å²) in [4.78, 5) is 8.57. The summed E-state index contributed by atoms with van der Waals surface area (Å²) in [5.41, 5.74) is 1.92. The van der Waals surface area contributed by atoms with Crippen molar-refractivity contribution in [1.29, 1.82) is 0 Å². The van der Waals surface area contributed by atoms with E-state index in [1.807, 2.05) is 30.3 Å². The maximum Gasteiger partial charge on any atom is 0.231 e. The van der Waals surface area contributed by atoms with E-state index in [1.54, 1.807) is 18.3 Å². The number of hydrogen-bond donors (Lipinski definition) is 1. The molecule has 0 unspecified atom stereocenters. The second-order valence-electron chi connectivity index (χ2n) is 4.45. The minimum atomic E-state index is 0.245. The van der Waals surface area contributed by atoms with Crippen molar-refractivity contribution < 1.29 is 9.63 Å². The van der Waals surface area contributed by atoms with Gasteiger partial charge in [0.05, 0.1) is 12.8 Å². The summed E-state index contributed by atoms with van der Waals surface area (Å²) in [6.45, 7) is 0. The van der Waals surface area contributed by atoms with Gasteiger partial charge in [0.1, 0.15) is 5.75 Å². The molecule has 3 aromatic rings. The standard InChI is InChI=1S/C15H13N3O2/c19-13-6-4-11(5-7-13)9-15-17-14(18-20-15)10-12-3-1-2-8-16-12/h1-8,19H,9-10H2. The molecule has 5 nitrogen and oxygen atoms in total. The summed E-state index contributed by atoms with van der Waals surface area (Å²) in [5, 5.41) is 13.2. The van der Waals surface area contributed by atoms with Crippen LogP contribution in [0.2, 0.25) is 0 Å². The number of phenolic OH excluding ortho intramolecular Hbond substituents is 1. The van der Waals surface area contributed by atoms with Gasteiger partial charge in [0.2, 0.25) is 5.89 Å². The van der Waals surface area contributed by atoms with E-state index < -0.39 is 0 Å². The zero-order chi connectivity index (χ0) is 13.8. The van der Waals surface area contributed by atoms with Gasteiger partial charge < -0.3 is 9.63 Å². The summed E-state index contributed by atoms with van der Waals surface area (Å²) >= 11 is 0. The minimum absolute atomic E-state index is 0.245. The number of nitrogens with zero attached hydrogens (tertiary/aromatic N) is 3. The number of hydrogen-bond acceptors (Lipinski definition) is 5. The van der Waals surface area contributed by atoms with Crippen molar-refractivity contribution in [3.05, 3.63) is 71.6 Å². The highest BCUT2D eigenvalue weighted by Gasteiger charge is 2.08. The van der Waals surface area contributed by atoms with E-state index in [0.717, 1.165) is 11.3 Å². The van der Waals surface area contributed by atoms with Gasteiger partial charge in [0.15, 0.2) is 5.82 Å². The fourth-order valence-electron chi connectivity index (χ4n) is 1.89. The zero-order valence-corrected chi connectivity index (χ0v) is 10.7. The fraction of sp³-hybridized carbons (Fsp3) is 0.133. The predicted molar refractivity (Wildman–Crippen MR) is 72.3 cm³/mol. The summed E-state index contributed by atoms with van der Waals surface area (Å²) in [6, 6.07) is 12.7. The third-order valence-electron chi connectivity index (χ3n) is 2.87. The SMILES string of the molecule is Oc1ccc(Cc2nc(Cc3ccccn3)no2)cc1. The lowest BCUT2D eigenvalue weighted by Gasteiger charge is -1.96.